The molecule has 0 N–H and O–H groups in total. The zero-order valence-electron chi connectivity index (χ0n) is 8.51. The summed E-state index contributed by atoms with van der Waals surface area (Å²) in [5, 5.41) is 0. The number of rotatable bonds is 1. The summed E-state index contributed by atoms with van der Waals surface area (Å²) in [6, 6.07) is 3.37. The fourth-order valence-electron chi connectivity index (χ4n) is 1.68. The molecular formula is C11H14FNO. The number of benzene rings is 1. The molecule has 1 aromatic rings. The quantitative estimate of drug-likeness (QED) is 0.681. The summed E-state index contributed by atoms with van der Waals surface area (Å²) in [6.45, 7) is 3.45. The van der Waals surface area contributed by atoms with Crippen molar-refractivity contribution in [1.82, 2.24) is 0 Å². The van der Waals surface area contributed by atoms with Gasteiger partial charge in [0.15, 0.2) is 0 Å². The number of hydrogen-bond acceptors (Lipinski definition) is 2. The number of likely N-dealkylation sites (N-methyl/N-ethyl adjacent to an activating group) is 1. The zero-order chi connectivity index (χ0) is 10.1. The second-order valence-electron chi connectivity index (χ2n) is 3.53. The highest BCUT2D eigenvalue weighted by Gasteiger charge is 2.17. The average molecular weight is 195 g/mol. The Morgan fingerprint density at radius 2 is 2.29 bits per heavy atom. The normalized spacial score (nSPS) is 14.9. The molecule has 1 aliphatic rings. The largest absolute Gasteiger partial charge is 0.489 e. The van der Waals surface area contributed by atoms with Gasteiger partial charge in [-0.1, -0.05) is 6.92 Å². The predicted octanol–water partition coefficient (Wildman–Crippen LogP) is 2.22. The highest BCUT2D eigenvalue weighted by molar-refractivity contribution is 5.61. The highest BCUT2D eigenvalue weighted by atomic mass is 19.1. The first kappa shape index (κ1) is 9.31. The molecule has 76 valence electrons. The molecule has 0 unspecified atom stereocenters. The van der Waals surface area contributed by atoms with Gasteiger partial charge in [-0.2, -0.15) is 0 Å². The van der Waals surface area contributed by atoms with Crippen LogP contribution in [0.3, 0.4) is 0 Å². The molecular weight excluding hydrogens is 181 g/mol. The molecule has 0 aliphatic carbocycles. The topological polar surface area (TPSA) is 12.5 Å². The SMILES string of the molecule is CCc1cc2c(cc1F)OCCN2C. The van der Waals surface area contributed by atoms with E-state index >= 15 is 0 Å². The Morgan fingerprint density at radius 1 is 1.50 bits per heavy atom. The van der Waals surface area contributed by atoms with Crippen LogP contribution >= 0.6 is 0 Å². The van der Waals surface area contributed by atoms with Crippen LogP contribution < -0.4 is 9.64 Å². The molecule has 1 aromatic carbocycles. The summed E-state index contributed by atoms with van der Waals surface area (Å²) in [5.41, 5.74) is 1.75. The van der Waals surface area contributed by atoms with E-state index in [2.05, 4.69) is 4.90 Å². The second kappa shape index (κ2) is 3.48. The first-order chi connectivity index (χ1) is 6.72. The molecule has 2 nitrogen and oxygen atoms in total. The Bertz CT molecular complexity index is 351. The van der Waals surface area contributed by atoms with E-state index in [4.69, 9.17) is 4.74 Å². The van der Waals surface area contributed by atoms with Crippen molar-refractivity contribution >= 4 is 5.69 Å². The van der Waals surface area contributed by atoms with E-state index in [1.54, 1.807) is 0 Å². The molecule has 2 rings (SSSR count). The molecule has 0 fully saturated rings. The van der Waals surface area contributed by atoms with E-state index in [1.807, 2.05) is 20.0 Å². The van der Waals surface area contributed by atoms with Crippen LogP contribution in [0.1, 0.15) is 12.5 Å². The van der Waals surface area contributed by atoms with Gasteiger partial charge >= 0.3 is 0 Å². The average Bonchev–Trinajstić information content (AvgIpc) is 2.17. The number of nitrogens with zero attached hydrogens (tertiary/aromatic N) is 1. The minimum absolute atomic E-state index is 0.165. The van der Waals surface area contributed by atoms with Gasteiger partial charge in [0.2, 0.25) is 0 Å². The number of aryl methyl sites for hydroxylation is 1. The molecule has 0 radical (unpaired) electrons. The maximum absolute atomic E-state index is 13.4. The van der Waals surface area contributed by atoms with Gasteiger partial charge in [0.05, 0.1) is 12.2 Å². The number of ether oxygens (including phenoxy) is 1. The van der Waals surface area contributed by atoms with Crippen molar-refractivity contribution in [1.29, 1.82) is 0 Å². The summed E-state index contributed by atoms with van der Waals surface area (Å²) in [7, 11) is 2.00. The fourth-order valence-corrected chi connectivity index (χ4v) is 1.68. The number of halogens is 1. The Labute approximate surface area is 83.3 Å². The molecule has 14 heavy (non-hydrogen) atoms. The van der Waals surface area contributed by atoms with Gasteiger partial charge in [-0.25, -0.2) is 4.39 Å². The monoisotopic (exact) mass is 195 g/mol. The third-order valence-electron chi connectivity index (χ3n) is 2.60. The third kappa shape index (κ3) is 1.43. The Kier molecular flexibility index (Phi) is 2.32. The lowest BCUT2D eigenvalue weighted by molar-refractivity contribution is 0.309. The third-order valence-corrected chi connectivity index (χ3v) is 2.60. The molecule has 1 heterocycles. The number of hydrogen-bond donors (Lipinski definition) is 0. The molecule has 0 spiro atoms. The van der Waals surface area contributed by atoms with Gasteiger partial charge in [-0.3, -0.25) is 0 Å². The Morgan fingerprint density at radius 3 is 3.00 bits per heavy atom. The zero-order valence-corrected chi connectivity index (χ0v) is 8.51. The summed E-state index contributed by atoms with van der Waals surface area (Å²) >= 11 is 0. The molecule has 0 bridgehead atoms. The van der Waals surface area contributed by atoms with Crippen molar-refractivity contribution in [3.05, 3.63) is 23.5 Å². The number of anilines is 1. The lowest BCUT2D eigenvalue weighted by atomic mass is 10.1. The smallest absolute Gasteiger partial charge is 0.145 e. The van der Waals surface area contributed by atoms with E-state index in [9.17, 15) is 4.39 Å². The van der Waals surface area contributed by atoms with Crippen molar-refractivity contribution in [3.8, 4) is 5.75 Å². The number of fused-ring (bicyclic) bond motifs is 1. The van der Waals surface area contributed by atoms with Crippen LogP contribution in [0.2, 0.25) is 0 Å². The van der Waals surface area contributed by atoms with Crippen molar-refractivity contribution in [2.75, 3.05) is 25.1 Å². The van der Waals surface area contributed by atoms with E-state index in [0.29, 0.717) is 18.8 Å². The molecule has 3 heteroatoms. The standard InChI is InChI=1S/C11H14FNO/c1-3-8-6-10-11(7-9(8)12)14-5-4-13(10)2/h6-7H,3-5H2,1-2H3. The second-order valence-corrected chi connectivity index (χ2v) is 3.53. The summed E-state index contributed by atoms with van der Waals surface area (Å²) in [4.78, 5) is 2.09. The summed E-state index contributed by atoms with van der Waals surface area (Å²) < 4.78 is 18.8. The van der Waals surface area contributed by atoms with Crippen LogP contribution in [0.4, 0.5) is 10.1 Å². The predicted molar refractivity (Wildman–Crippen MR) is 54.5 cm³/mol. The van der Waals surface area contributed by atoms with Crippen molar-refractivity contribution in [2.45, 2.75) is 13.3 Å². The van der Waals surface area contributed by atoms with Crippen LogP contribution in [0, 0.1) is 5.82 Å². The van der Waals surface area contributed by atoms with E-state index in [1.165, 1.54) is 6.07 Å². The van der Waals surface area contributed by atoms with Crippen LogP contribution in [0.5, 0.6) is 5.75 Å². The van der Waals surface area contributed by atoms with Gasteiger partial charge in [-0.05, 0) is 18.1 Å². The summed E-state index contributed by atoms with van der Waals surface area (Å²) in [6.07, 6.45) is 0.715. The van der Waals surface area contributed by atoms with Crippen LogP contribution in [0.25, 0.3) is 0 Å². The molecule has 0 saturated carbocycles. The highest BCUT2D eigenvalue weighted by Crippen LogP contribution is 2.33. The lowest BCUT2D eigenvalue weighted by Gasteiger charge is -2.28. The van der Waals surface area contributed by atoms with E-state index in [-0.39, 0.29) is 5.82 Å². The maximum Gasteiger partial charge on any atom is 0.145 e. The molecule has 1 aliphatic heterocycles. The van der Waals surface area contributed by atoms with Gasteiger partial charge in [0.25, 0.3) is 0 Å². The Balaban J connectivity index is 2.49. The van der Waals surface area contributed by atoms with Crippen LogP contribution in [0.15, 0.2) is 12.1 Å². The van der Waals surface area contributed by atoms with E-state index < -0.39 is 0 Å². The minimum atomic E-state index is -0.165. The fraction of sp³-hybridized carbons (Fsp3) is 0.455. The van der Waals surface area contributed by atoms with Gasteiger partial charge in [0, 0.05) is 13.1 Å². The van der Waals surface area contributed by atoms with Gasteiger partial charge < -0.3 is 9.64 Å². The lowest BCUT2D eigenvalue weighted by Crippen LogP contribution is -2.29. The van der Waals surface area contributed by atoms with Gasteiger partial charge in [-0.15, -0.1) is 0 Å². The van der Waals surface area contributed by atoms with Crippen molar-refractivity contribution in [3.63, 3.8) is 0 Å². The van der Waals surface area contributed by atoms with Crippen molar-refractivity contribution < 1.29 is 9.13 Å². The van der Waals surface area contributed by atoms with Crippen LogP contribution in [-0.4, -0.2) is 20.2 Å². The molecule has 0 atom stereocenters. The molecule has 0 saturated heterocycles. The molecule has 0 amide bonds. The van der Waals surface area contributed by atoms with Gasteiger partial charge in [0.1, 0.15) is 18.2 Å². The first-order valence-electron chi connectivity index (χ1n) is 4.88. The van der Waals surface area contributed by atoms with E-state index in [0.717, 1.165) is 17.8 Å². The Hall–Kier alpha value is -1.25. The van der Waals surface area contributed by atoms with Crippen molar-refractivity contribution in [2.24, 2.45) is 0 Å². The minimum Gasteiger partial charge on any atom is -0.489 e. The first-order valence-corrected chi connectivity index (χ1v) is 4.88. The summed E-state index contributed by atoms with van der Waals surface area (Å²) in [5.74, 6) is 0.495. The molecule has 0 aromatic heterocycles. The maximum atomic E-state index is 13.4. The van der Waals surface area contributed by atoms with Crippen LogP contribution in [-0.2, 0) is 6.42 Å².